The Balaban J connectivity index is 2.00. The van der Waals surface area contributed by atoms with Crippen LogP contribution in [0.2, 0.25) is 5.02 Å². The molecule has 1 aromatic carbocycles. The number of nitrogens with zero attached hydrogens (tertiary/aromatic N) is 3. The highest BCUT2D eigenvalue weighted by Gasteiger charge is 2.25. The summed E-state index contributed by atoms with van der Waals surface area (Å²) in [5.41, 5.74) is 1.25. The number of halogens is 4. The molecule has 0 bridgehead atoms. The van der Waals surface area contributed by atoms with Crippen molar-refractivity contribution in [2.24, 2.45) is 0 Å². The maximum Gasteiger partial charge on any atom is 0.152 e. The van der Waals surface area contributed by atoms with Gasteiger partial charge >= 0.3 is 0 Å². The summed E-state index contributed by atoms with van der Waals surface area (Å²) in [5, 5.41) is 5.32. The van der Waals surface area contributed by atoms with Crippen LogP contribution in [0.5, 0.6) is 0 Å². The van der Waals surface area contributed by atoms with Crippen LogP contribution in [-0.2, 0) is 4.74 Å². The number of hydrogen-bond donors (Lipinski definition) is 0. The zero-order valence-electron chi connectivity index (χ0n) is 13.0. The Morgan fingerprint density at radius 2 is 2.12 bits per heavy atom. The van der Waals surface area contributed by atoms with Gasteiger partial charge in [-0.15, -0.1) is 0 Å². The summed E-state index contributed by atoms with van der Waals surface area (Å²) >= 11 is 9.56. The van der Waals surface area contributed by atoms with E-state index in [0.717, 1.165) is 18.9 Å². The Kier molecular flexibility index (Phi) is 4.47. The van der Waals surface area contributed by atoms with Crippen molar-refractivity contribution in [2.45, 2.75) is 18.9 Å². The number of rotatable bonds is 2. The first kappa shape index (κ1) is 16.9. The van der Waals surface area contributed by atoms with Gasteiger partial charge in [-0.1, -0.05) is 11.6 Å². The summed E-state index contributed by atoms with van der Waals surface area (Å²) in [5.74, 6) is -1.31. The normalized spacial score (nSPS) is 18.0. The number of hydrogen-bond acceptors (Lipinski definition) is 3. The van der Waals surface area contributed by atoms with Crippen LogP contribution < -0.4 is 0 Å². The Hall–Kier alpha value is -1.57. The molecular weight excluding hydrogens is 416 g/mol. The summed E-state index contributed by atoms with van der Waals surface area (Å²) in [4.78, 5) is 4.06. The molecule has 0 spiro atoms. The molecule has 25 heavy (non-hydrogen) atoms. The molecule has 0 saturated carbocycles. The zero-order chi connectivity index (χ0) is 17.6. The molecule has 4 nitrogen and oxygen atoms in total. The van der Waals surface area contributed by atoms with Gasteiger partial charge in [-0.05, 0) is 40.9 Å². The Labute approximate surface area is 155 Å². The van der Waals surface area contributed by atoms with Crippen molar-refractivity contribution in [3.8, 4) is 11.3 Å². The number of pyridine rings is 1. The molecule has 0 N–H and O–H groups in total. The van der Waals surface area contributed by atoms with E-state index in [2.05, 4.69) is 26.0 Å². The molecule has 2 aromatic heterocycles. The molecule has 1 aliphatic rings. The van der Waals surface area contributed by atoms with Gasteiger partial charge in [0.1, 0.15) is 21.6 Å². The quantitative estimate of drug-likeness (QED) is 0.530. The van der Waals surface area contributed by atoms with E-state index in [1.54, 1.807) is 10.7 Å². The maximum absolute atomic E-state index is 14.6. The highest BCUT2D eigenvalue weighted by Crippen LogP contribution is 2.37. The molecule has 4 rings (SSSR count). The van der Waals surface area contributed by atoms with E-state index in [-0.39, 0.29) is 11.6 Å². The average Bonchev–Trinajstić information content (AvgIpc) is 2.97. The van der Waals surface area contributed by atoms with Crippen LogP contribution in [0.25, 0.3) is 22.2 Å². The number of benzene rings is 1. The minimum atomic E-state index is -0.657. The maximum atomic E-state index is 14.6. The van der Waals surface area contributed by atoms with Gasteiger partial charge in [-0.3, -0.25) is 4.68 Å². The summed E-state index contributed by atoms with van der Waals surface area (Å²) in [6.45, 7) is 1.13. The highest BCUT2D eigenvalue weighted by molar-refractivity contribution is 9.10. The Morgan fingerprint density at radius 3 is 2.88 bits per heavy atom. The van der Waals surface area contributed by atoms with Gasteiger partial charge in [0, 0.05) is 29.8 Å². The van der Waals surface area contributed by atoms with Crippen molar-refractivity contribution < 1.29 is 13.5 Å². The third kappa shape index (κ3) is 3.05. The highest BCUT2D eigenvalue weighted by atomic mass is 79.9. The summed E-state index contributed by atoms with van der Waals surface area (Å²) in [6.07, 6.45) is 3.16. The lowest BCUT2D eigenvalue weighted by atomic mass is 10.1. The molecule has 8 heteroatoms. The number of aromatic nitrogens is 3. The summed E-state index contributed by atoms with van der Waals surface area (Å²) < 4.78 is 36.1. The standard InChI is InChI=1S/C17H13BrClF2N3O/c18-15-6-11(13(19)7-22-15)16-12-4-9(20)5-14(21)17(12)24(23-16)10-2-1-3-25-8-10/h4-7,10H,1-3,8H2. The van der Waals surface area contributed by atoms with E-state index in [1.165, 1.54) is 12.3 Å². The molecule has 1 aliphatic heterocycles. The smallest absolute Gasteiger partial charge is 0.152 e. The molecule has 3 aromatic rings. The lowest BCUT2D eigenvalue weighted by Crippen LogP contribution is -2.22. The second-order valence-electron chi connectivity index (χ2n) is 5.93. The first-order valence-corrected chi connectivity index (χ1v) is 8.98. The van der Waals surface area contributed by atoms with Crippen molar-refractivity contribution in [1.82, 2.24) is 14.8 Å². The van der Waals surface area contributed by atoms with Crippen LogP contribution in [0.4, 0.5) is 8.78 Å². The molecular formula is C17H13BrClF2N3O. The van der Waals surface area contributed by atoms with E-state index < -0.39 is 11.6 Å². The van der Waals surface area contributed by atoms with Gasteiger partial charge in [-0.25, -0.2) is 13.8 Å². The minimum Gasteiger partial charge on any atom is -0.379 e. The molecule has 1 saturated heterocycles. The SMILES string of the molecule is Fc1cc(F)c2c(c1)c(-c1cc(Br)ncc1Cl)nn2C1CCCOC1. The predicted octanol–water partition coefficient (Wildman–Crippen LogP) is 5.14. The lowest BCUT2D eigenvalue weighted by molar-refractivity contribution is 0.0564. The molecule has 1 unspecified atom stereocenters. The van der Waals surface area contributed by atoms with Gasteiger partial charge in [0.2, 0.25) is 0 Å². The van der Waals surface area contributed by atoms with E-state index in [1.807, 2.05) is 0 Å². The van der Waals surface area contributed by atoms with Crippen LogP contribution >= 0.6 is 27.5 Å². The minimum absolute atomic E-state index is 0.103. The molecule has 0 aliphatic carbocycles. The van der Waals surface area contributed by atoms with Crippen LogP contribution in [0, 0.1) is 11.6 Å². The predicted molar refractivity (Wildman–Crippen MR) is 94.7 cm³/mol. The second-order valence-corrected chi connectivity index (χ2v) is 7.15. The fourth-order valence-corrected chi connectivity index (χ4v) is 3.69. The van der Waals surface area contributed by atoms with Gasteiger partial charge in [0.15, 0.2) is 5.82 Å². The van der Waals surface area contributed by atoms with Crippen LogP contribution in [0.15, 0.2) is 29.0 Å². The molecule has 1 atom stereocenters. The number of ether oxygens (including phenoxy) is 1. The zero-order valence-corrected chi connectivity index (χ0v) is 15.3. The average molecular weight is 429 g/mol. The first-order chi connectivity index (χ1) is 12.0. The molecule has 1 fully saturated rings. The van der Waals surface area contributed by atoms with E-state index in [0.29, 0.717) is 39.5 Å². The summed E-state index contributed by atoms with van der Waals surface area (Å²) in [7, 11) is 0. The third-order valence-electron chi connectivity index (χ3n) is 4.28. The third-order valence-corrected chi connectivity index (χ3v) is 5.01. The van der Waals surface area contributed by atoms with Crippen LogP contribution in [-0.4, -0.2) is 28.0 Å². The Bertz CT molecular complexity index is 957. The van der Waals surface area contributed by atoms with Crippen molar-refractivity contribution >= 4 is 38.4 Å². The van der Waals surface area contributed by atoms with Crippen molar-refractivity contribution in [2.75, 3.05) is 13.2 Å². The molecule has 0 amide bonds. The van der Waals surface area contributed by atoms with Gasteiger partial charge in [-0.2, -0.15) is 5.10 Å². The number of fused-ring (bicyclic) bond motifs is 1. The van der Waals surface area contributed by atoms with Crippen molar-refractivity contribution in [3.05, 3.63) is 45.7 Å². The van der Waals surface area contributed by atoms with Gasteiger partial charge in [0.25, 0.3) is 0 Å². The summed E-state index contributed by atoms with van der Waals surface area (Å²) in [6, 6.07) is 3.74. The monoisotopic (exact) mass is 427 g/mol. The molecule has 3 heterocycles. The Morgan fingerprint density at radius 1 is 1.28 bits per heavy atom. The van der Waals surface area contributed by atoms with Crippen LogP contribution in [0.3, 0.4) is 0 Å². The fourth-order valence-electron chi connectivity index (χ4n) is 3.17. The van der Waals surface area contributed by atoms with E-state index in [9.17, 15) is 8.78 Å². The van der Waals surface area contributed by atoms with Crippen molar-refractivity contribution in [3.63, 3.8) is 0 Å². The van der Waals surface area contributed by atoms with E-state index >= 15 is 0 Å². The molecule has 130 valence electrons. The largest absolute Gasteiger partial charge is 0.379 e. The topological polar surface area (TPSA) is 39.9 Å². The molecule has 0 radical (unpaired) electrons. The lowest BCUT2D eigenvalue weighted by Gasteiger charge is -2.23. The van der Waals surface area contributed by atoms with Gasteiger partial charge < -0.3 is 4.74 Å². The van der Waals surface area contributed by atoms with E-state index in [4.69, 9.17) is 16.3 Å². The fraction of sp³-hybridized carbons (Fsp3) is 0.294. The first-order valence-electron chi connectivity index (χ1n) is 7.81. The van der Waals surface area contributed by atoms with Crippen LogP contribution in [0.1, 0.15) is 18.9 Å². The van der Waals surface area contributed by atoms with Gasteiger partial charge in [0.05, 0.1) is 17.7 Å². The second kappa shape index (κ2) is 6.63. The van der Waals surface area contributed by atoms with Crippen molar-refractivity contribution in [1.29, 1.82) is 0 Å².